The molecule has 11 heteroatoms. The van der Waals surface area contributed by atoms with Crippen molar-refractivity contribution in [3.8, 4) is 0 Å². The quantitative estimate of drug-likeness (QED) is 0.387. The van der Waals surface area contributed by atoms with Gasteiger partial charge in [-0.2, -0.15) is 0 Å². The van der Waals surface area contributed by atoms with E-state index in [2.05, 4.69) is 21.2 Å². The third kappa shape index (κ3) is 7.60. The lowest BCUT2D eigenvalue weighted by molar-refractivity contribution is -0.140. The molecule has 7 nitrogen and oxygen atoms in total. The van der Waals surface area contributed by atoms with Crippen molar-refractivity contribution in [3.63, 3.8) is 0 Å². The minimum absolute atomic E-state index is 0.0718. The van der Waals surface area contributed by atoms with E-state index in [-0.39, 0.29) is 18.5 Å². The van der Waals surface area contributed by atoms with E-state index in [1.807, 2.05) is 6.92 Å². The Morgan fingerprint density at radius 1 is 1.11 bits per heavy atom. The lowest BCUT2D eigenvalue weighted by Gasteiger charge is -2.33. The Labute approximate surface area is 231 Å². The number of carbonyl (C=O) groups excluding carboxylic acids is 2. The summed E-state index contributed by atoms with van der Waals surface area (Å²) in [6.07, 6.45) is 5.35. The third-order valence-electron chi connectivity index (χ3n) is 6.20. The van der Waals surface area contributed by atoms with Crippen molar-refractivity contribution in [2.75, 3.05) is 17.1 Å². The zero-order chi connectivity index (χ0) is 26.5. The van der Waals surface area contributed by atoms with Gasteiger partial charge >= 0.3 is 0 Å². The SMILES string of the molecule is CCC(C(=O)NC1CCCC1)N(Cc1ccc(Cl)c(Cl)c1)C(=O)CN(c1cccc(Br)c1)S(C)(=O)=O. The summed E-state index contributed by atoms with van der Waals surface area (Å²) in [5, 5.41) is 3.78. The second-order valence-electron chi connectivity index (χ2n) is 8.93. The molecule has 0 heterocycles. The Balaban J connectivity index is 1.94. The molecule has 0 radical (unpaired) electrons. The summed E-state index contributed by atoms with van der Waals surface area (Å²) >= 11 is 15.6. The van der Waals surface area contributed by atoms with E-state index in [4.69, 9.17) is 23.2 Å². The summed E-state index contributed by atoms with van der Waals surface area (Å²) in [7, 11) is -3.79. The molecule has 1 unspecified atom stereocenters. The van der Waals surface area contributed by atoms with Gasteiger partial charge in [-0.15, -0.1) is 0 Å². The number of carbonyl (C=O) groups is 2. The van der Waals surface area contributed by atoms with Crippen molar-refractivity contribution in [3.05, 3.63) is 62.5 Å². The van der Waals surface area contributed by atoms with Gasteiger partial charge < -0.3 is 10.2 Å². The molecule has 1 atom stereocenters. The molecule has 2 amide bonds. The van der Waals surface area contributed by atoms with Crippen molar-refractivity contribution in [1.82, 2.24) is 10.2 Å². The van der Waals surface area contributed by atoms with Crippen molar-refractivity contribution in [1.29, 1.82) is 0 Å². The predicted octanol–water partition coefficient (Wildman–Crippen LogP) is 5.39. The van der Waals surface area contributed by atoms with Crippen LogP contribution in [0.5, 0.6) is 0 Å². The number of hydrogen-bond donors (Lipinski definition) is 1. The highest BCUT2D eigenvalue weighted by atomic mass is 79.9. The van der Waals surface area contributed by atoms with Crippen LogP contribution in [0.15, 0.2) is 46.9 Å². The zero-order valence-electron chi connectivity index (χ0n) is 20.2. The first-order valence-electron chi connectivity index (χ1n) is 11.8. The van der Waals surface area contributed by atoms with Crippen LogP contribution >= 0.6 is 39.1 Å². The lowest BCUT2D eigenvalue weighted by Crippen LogP contribution is -2.53. The molecule has 0 bridgehead atoms. The maximum Gasteiger partial charge on any atom is 0.244 e. The van der Waals surface area contributed by atoms with E-state index < -0.39 is 28.5 Å². The first kappa shape index (κ1) is 28.8. The summed E-state index contributed by atoms with van der Waals surface area (Å²) in [6.45, 7) is 1.45. The molecule has 36 heavy (non-hydrogen) atoms. The van der Waals surface area contributed by atoms with E-state index in [1.54, 1.807) is 42.5 Å². The Hall–Kier alpha value is -1.81. The number of sulfonamides is 1. The molecule has 1 aliphatic carbocycles. The van der Waals surface area contributed by atoms with Crippen molar-refractivity contribution in [2.45, 2.75) is 57.7 Å². The highest BCUT2D eigenvalue weighted by Gasteiger charge is 2.33. The standard InChI is InChI=1S/C25H30BrCl2N3O4S/c1-3-23(25(33)29-19-8-4-5-9-19)30(15-17-11-12-21(27)22(28)13-17)24(32)16-31(36(2,34)35)20-10-6-7-18(26)14-20/h6-7,10-14,19,23H,3-5,8-9,15-16H2,1-2H3,(H,29,33). The van der Waals surface area contributed by atoms with Gasteiger partial charge in [0.05, 0.1) is 22.0 Å². The van der Waals surface area contributed by atoms with Gasteiger partial charge in [-0.05, 0) is 55.2 Å². The van der Waals surface area contributed by atoms with Crippen molar-refractivity contribution < 1.29 is 18.0 Å². The predicted molar refractivity (Wildman–Crippen MR) is 148 cm³/mol. The Morgan fingerprint density at radius 3 is 2.39 bits per heavy atom. The van der Waals surface area contributed by atoms with Crippen LogP contribution in [0, 0.1) is 0 Å². The summed E-state index contributed by atoms with van der Waals surface area (Å²) in [6, 6.07) is 11.0. The van der Waals surface area contributed by atoms with E-state index in [9.17, 15) is 18.0 Å². The van der Waals surface area contributed by atoms with E-state index in [0.717, 1.165) is 36.2 Å². The number of halogens is 3. The fraction of sp³-hybridized carbons (Fsp3) is 0.440. The molecular weight excluding hydrogens is 589 g/mol. The highest BCUT2D eigenvalue weighted by molar-refractivity contribution is 9.10. The van der Waals surface area contributed by atoms with Crippen LogP contribution in [0.3, 0.4) is 0 Å². The minimum Gasteiger partial charge on any atom is -0.352 e. The summed E-state index contributed by atoms with van der Waals surface area (Å²) < 4.78 is 27.1. The maximum absolute atomic E-state index is 13.7. The molecule has 0 spiro atoms. The average molecular weight is 619 g/mol. The van der Waals surface area contributed by atoms with Crippen LogP contribution < -0.4 is 9.62 Å². The molecule has 0 aliphatic heterocycles. The molecule has 1 N–H and O–H groups in total. The summed E-state index contributed by atoms with van der Waals surface area (Å²) in [4.78, 5) is 28.5. The number of anilines is 1. The van der Waals surface area contributed by atoms with Crippen molar-refractivity contribution in [2.24, 2.45) is 0 Å². The molecule has 2 aromatic rings. The molecule has 1 fully saturated rings. The normalized spacial score (nSPS) is 14.9. The van der Waals surface area contributed by atoms with Gasteiger partial charge in [0, 0.05) is 17.1 Å². The molecule has 2 aromatic carbocycles. The van der Waals surface area contributed by atoms with Gasteiger partial charge in [0.25, 0.3) is 0 Å². The van der Waals surface area contributed by atoms with Gasteiger partial charge in [0.1, 0.15) is 12.6 Å². The van der Waals surface area contributed by atoms with Crippen LogP contribution in [0.1, 0.15) is 44.6 Å². The second kappa shape index (κ2) is 12.6. The van der Waals surface area contributed by atoms with Crippen LogP contribution in [0.2, 0.25) is 10.0 Å². The van der Waals surface area contributed by atoms with Crippen LogP contribution in [0.4, 0.5) is 5.69 Å². The largest absolute Gasteiger partial charge is 0.352 e. The first-order chi connectivity index (χ1) is 17.0. The van der Waals surface area contributed by atoms with Gasteiger partial charge in [0.2, 0.25) is 21.8 Å². The second-order valence-corrected chi connectivity index (χ2v) is 12.6. The lowest BCUT2D eigenvalue weighted by atomic mass is 10.1. The van der Waals surface area contributed by atoms with E-state index in [1.165, 1.54) is 4.90 Å². The van der Waals surface area contributed by atoms with Crippen LogP contribution in [-0.4, -0.2) is 50.0 Å². The van der Waals surface area contributed by atoms with Gasteiger partial charge in [-0.1, -0.05) is 71.0 Å². The third-order valence-corrected chi connectivity index (χ3v) is 8.57. The first-order valence-corrected chi connectivity index (χ1v) is 15.2. The van der Waals surface area contributed by atoms with Crippen LogP contribution in [0.25, 0.3) is 0 Å². The minimum atomic E-state index is -3.79. The number of nitrogens with one attached hydrogen (secondary N) is 1. The highest BCUT2D eigenvalue weighted by Crippen LogP contribution is 2.26. The molecule has 3 rings (SSSR count). The van der Waals surface area contributed by atoms with Crippen LogP contribution in [-0.2, 0) is 26.2 Å². The topological polar surface area (TPSA) is 86.8 Å². The summed E-state index contributed by atoms with van der Waals surface area (Å²) in [5.41, 5.74) is 1.02. The molecule has 0 aromatic heterocycles. The number of hydrogen-bond acceptors (Lipinski definition) is 4. The van der Waals surface area contributed by atoms with Crippen molar-refractivity contribution >= 4 is 66.7 Å². The molecule has 0 saturated heterocycles. The Morgan fingerprint density at radius 2 is 1.81 bits per heavy atom. The molecule has 1 saturated carbocycles. The van der Waals surface area contributed by atoms with Gasteiger partial charge in [0.15, 0.2) is 0 Å². The maximum atomic E-state index is 13.7. The molecule has 196 valence electrons. The van der Waals surface area contributed by atoms with Gasteiger partial charge in [-0.25, -0.2) is 8.42 Å². The van der Waals surface area contributed by atoms with Gasteiger partial charge in [-0.3, -0.25) is 13.9 Å². The Kier molecular flexibility index (Phi) is 10.1. The fourth-order valence-corrected chi connectivity index (χ4v) is 5.92. The monoisotopic (exact) mass is 617 g/mol. The summed E-state index contributed by atoms with van der Waals surface area (Å²) in [5.74, 6) is -0.744. The van der Waals surface area contributed by atoms with E-state index in [0.29, 0.717) is 32.2 Å². The Bertz CT molecular complexity index is 1210. The smallest absolute Gasteiger partial charge is 0.244 e. The molecular formula is C25H30BrCl2N3O4S. The number of rotatable bonds is 10. The fourth-order valence-electron chi connectivity index (χ4n) is 4.37. The van der Waals surface area contributed by atoms with E-state index >= 15 is 0 Å². The zero-order valence-corrected chi connectivity index (χ0v) is 24.1. The number of benzene rings is 2. The number of amides is 2. The molecule has 1 aliphatic rings. The average Bonchev–Trinajstić information content (AvgIpc) is 3.31. The number of nitrogens with zero attached hydrogens (tertiary/aromatic N) is 2.